The first-order valence-electron chi connectivity index (χ1n) is 6.04. The molecule has 0 aliphatic heterocycles. The second kappa shape index (κ2) is 6.16. The summed E-state index contributed by atoms with van der Waals surface area (Å²) >= 11 is 5.04. The van der Waals surface area contributed by atoms with Crippen molar-refractivity contribution in [2.75, 3.05) is 0 Å². The van der Waals surface area contributed by atoms with Crippen LogP contribution in [0.15, 0.2) is 50.4 Å². The molecule has 0 saturated carbocycles. The van der Waals surface area contributed by atoms with Crippen LogP contribution in [0.2, 0.25) is 0 Å². The van der Waals surface area contributed by atoms with Crippen molar-refractivity contribution in [3.8, 4) is 17.5 Å². The molecule has 1 N–H and O–H groups in total. The Labute approximate surface area is 133 Å². The lowest BCUT2D eigenvalue weighted by Crippen LogP contribution is -1.83. The zero-order valence-corrected chi connectivity index (χ0v) is 13.1. The lowest BCUT2D eigenvalue weighted by atomic mass is 10.3. The van der Waals surface area contributed by atoms with Crippen LogP contribution < -0.4 is 0 Å². The zero-order valence-electron chi connectivity index (χ0n) is 10.7. The number of rotatable bonds is 4. The minimum Gasteiger partial charge on any atom is -0.352 e. The maximum Gasteiger partial charge on any atom is 0.259 e. The van der Waals surface area contributed by atoms with Crippen LogP contribution in [0.1, 0.15) is 11.5 Å². The molecule has 0 fully saturated rings. The molecule has 7 heteroatoms. The minimum absolute atomic E-state index is 0.416. The van der Waals surface area contributed by atoms with Crippen LogP contribution in [-0.4, -0.2) is 15.1 Å². The molecule has 3 aromatic rings. The molecule has 0 atom stereocenters. The topological polar surface area (TPSA) is 78.5 Å². The van der Waals surface area contributed by atoms with Gasteiger partial charge in [-0.2, -0.15) is 10.2 Å². The van der Waals surface area contributed by atoms with Crippen molar-refractivity contribution >= 4 is 27.7 Å². The molecule has 21 heavy (non-hydrogen) atoms. The summed E-state index contributed by atoms with van der Waals surface area (Å²) in [4.78, 5) is 8.29. The Bertz CT molecular complexity index is 788. The van der Waals surface area contributed by atoms with Gasteiger partial charge in [0.05, 0.1) is 11.3 Å². The first kappa shape index (κ1) is 13.9. The van der Waals surface area contributed by atoms with Crippen molar-refractivity contribution in [3.63, 3.8) is 0 Å². The fourth-order valence-corrected chi connectivity index (χ4v) is 2.70. The Morgan fingerprint density at radius 3 is 2.86 bits per heavy atom. The van der Waals surface area contributed by atoms with Gasteiger partial charge in [0.25, 0.3) is 5.89 Å². The normalized spacial score (nSPS) is 10.5. The molecule has 0 radical (unpaired) electrons. The Morgan fingerprint density at radius 1 is 1.33 bits per heavy atom. The van der Waals surface area contributed by atoms with Crippen molar-refractivity contribution in [1.82, 2.24) is 15.1 Å². The van der Waals surface area contributed by atoms with E-state index in [0.29, 0.717) is 23.2 Å². The van der Waals surface area contributed by atoms with Crippen LogP contribution in [-0.2, 0) is 5.75 Å². The number of benzene rings is 1. The van der Waals surface area contributed by atoms with E-state index in [-0.39, 0.29) is 0 Å². The van der Waals surface area contributed by atoms with E-state index in [4.69, 9.17) is 9.78 Å². The van der Waals surface area contributed by atoms with E-state index in [1.807, 2.05) is 30.3 Å². The predicted octanol–water partition coefficient (Wildman–Crippen LogP) is 3.99. The van der Waals surface area contributed by atoms with Crippen molar-refractivity contribution in [2.24, 2.45) is 0 Å². The smallest absolute Gasteiger partial charge is 0.259 e. The first-order chi connectivity index (χ1) is 10.2. The highest BCUT2D eigenvalue weighted by Gasteiger charge is 2.11. The maximum atomic E-state index is 8.78. The van der Waals surface area contributed by atoms with E-state index in [1.54, 1.807) is 24.0 Å². The summed E-state index contributed by atoms with van der Waals surface area (Å²) in [5.41, 5.74) is 1.19. The molecule has 3 rings (SSSR count). The lowest BCUT2D eigenvalue weighted by Gasteiger charge is -1.97. The standard InChI is InChI=1S/C14H9BrN4OS/c15-10-1-3-12(4-2-10)21-8-13-18-14(20-19-13)9-5-11(6-16)17-7-9/h1-5,7,17H,8H2. The summed E-state index contributed by atoms with van der Waals surface area (Å²) in [6.45, 7) is 0. The molecule has 2 aromatic heterocycles. The predicted molar refractivity (Wildman–Crippen MR) is 82.5 cm³/mol. The summed E-state index contributed by atoms with van der Waals surface area (Å²) in [5.74, 6) is 1.66. The SMILES string of the molecule is N#Cc1cc(-c2nc(CSc3ccc(Br)cc3)no2)c[nH]1. The number of hydrogen-bond acceptors (Lipinski definition) is 5. The summed E-state index contributed by atoms with van der Waals surface area (Å²) in [6, 6.07) is 11.7. The van der Waals surface area contributed by atoms with Crippen LogP contribution in [0.5, 0.6) is 0 Å². The number of aromatic nitrogens is 3. The van der Waals surface area contributed by atoms with Gasteiger partial charge in [-0.05, 0) is 30.3 Å². The number of thioether (sulfide) groups is 1. The van der Waals surface area contributed by atoms with Crippen molar-refractivity contribution in [3.05, 3.63) is 52.5 Å². The molecule has 0 aliphatic carbocycles. The van der Waals surface area contributed by atoms with Crippen LogP contribution in [0.25, 0.3) is 11.5 Å². The van der Waals surface area contributed by atoms with Crippen LogP contribution in [0.3, 0.4) is 0 Å². The zero-order chi connectivity index (χ0) is 14.7. The second-order valence-corrected chi connectivity index (χ2v) is 6.14. The molecule has 2 heterocycles. The second-order valence-electron chi connectivity index (χ2n) is 4.17. The van der Waals surface area contributed by atoms with Gasteiger partial charge in [-0.1, -0.05) is 21.1 Å². The molecule has 0 unspecified atom stereocenters. The monoisotopic (exact) mass is 360 g/mol. The van der Waals surface area contributed by atoms with Gasteiger partial charge in [-0.3, -0.25) is 0 Å². The Kier molecular flexibility index (Phi) is 4.08. The van der Waals surface area contributed by atoms with E-state index in [9.17, 15) is 0 Å². The molecule has 104 valence electrons. The average Bonchev–Trinajstić information content (AvgIpc) is 3.15. The number of nitrogens with zero attached hydrogens (tertiary/aromatic N) is 3. The van der Waals surface area contributed by atoms with E-state index in [1.165, 1.54) is 0 Å². The molecular formula is C14H9BrN4OS. The van der Waals surface area contributed by atoms with Gasteiger partial charge < -0.3 is 9.51 Å². The number of hydrogen-bond donors (Lipinski definition) is 1. The lowest BCUT2D eigenvalue weighted by molar-refractivity contribution is 0.425. The molecule has 0 saturated heterocycles. The van der Waals surface area contributed by atoms with E-state index < -0.39 is 0 Å². The van der Waals surface area contributed by atoms with Gasteiger partial charge in [0.1, 0.15) is 11.8 Å². The third-order valence-electron chi connectivity index (χ3n) is 2.70. The number of aromatic amines is 1. The Hall–Kier alpha value is -2.04. The van der Waals surface area contributed by atoms with Crippen LogP contribution in [0.4, 0.5) is 0 Å². The average molecular weight is 361 g/mol. The summed E-state index contributed by atoms with van der Waals surface area (Å²) in [7, 11) is 0. The van der Waals surface area contributed by atoms with E-state index in [2.05, 4.69) is 31.1 Å². The van der Waals surface area contributed by atoms with Gasteiger partial charge in [0.15, 0.2) is 5.82 Å². The highest BCUT2D eigenvalue weighted by atomic mass is 79.9. The number of halogens is 1. The Morgan fingerprint density at radius 2 is 2.14 bits per heavy atom. The van der Waals surface area contributed by atoms with Gasteiger partial charge in [0, 0.05) is 15.6 Å². The fraction of sp³-hybridized carbons (Fsp3) is 0.0714. The highest BCUT2D eigenvalue weighted by molar-refractivity contribution is 9.10. The number of H-pyrrole nitrogens is 1. The highest BCUT2D eigenvalue weighted by Crippen LogP contribution is 2.25. The summed E-state index contributed by atoms with van der Waals surface area (Å²) < 4.78 is 6.26. The molecular weight excluding hydrogens is 352 g/mol. The molecule has 0 spiro atoms. The fourth-order valence-electron chi connectivity index (χ4n) is 1.69. The first-order valence-corrected chi connectivity index (χ1v) is 7.82. The quantitative estimate of drug-likeness (QED) is 0.711. The largest absolute Gasteiger partial charge is 0.352 e. The van der Waals surface area contributed by atoms with E-state index in [0.717, 1.165) is 14.9 Å². The van der Waals surface area contributed by atoms with E-state index >= 15 is 0 Å². The summed E-state index contributed by atoms with van der Waals surface area (Å²) in [6.07, 6.45) is 1.68. The number of nitriles is 1. The maximum absolute atomic E-state index is 8.78. The third-order valence-corrected chi connectivity index (χ3v) is 4.24. The molecule has 0 amide bonds. The molecule has 0 aliphatic rings. The molecule has 5 nitrogen and oxygen atoms in total. The van der Waals surface area contributed by atoms with Gasteiger partial charge in [-0.25, -0.2) is 0 Å². The molecule has 0 bridgehead atoms. The van der Waals surface area contributed by atoms with Crippen molar-refractivity contribution in [2.45, 2.75) is 10.6 Å². The van der Waals surface area contributed by atoms with Gasteiger partial charge >= 0.3 is 0 Å². The third kappa shape index (κ3) is 3.35. The minimum atomic E-state index is 0.416. The summed E-state index contributed by atoms with van der Waals surface area (Å²) in [5, 5.41) is 12.7. The number of nitrogens with one attached hydrogen (secondary N) is 1. The Balaban J connectivity index is 1.68. The molecule has 1 aromatic carbocycles. The van der Waals surface area contributed by atoms with Gasteiger partial charge in [-0.15, -0.1) is 11.8 Å². The van der Waals surface area contributed by atoms with Crippen LogP contribution in [0, 0.1) is 11.3 Å². The van der Waals surface area contributed by atoms with Crippen molar-refractivity contribution < 1.29 is 4.52 Å². The van der Waals surface area contributed by atoms with Gasteiger partial charge in [0.2, 0.25) is 0 Å². The van der Waals surface area contributed by atoms with Crippen molar-refractivity contribution in [1.29, 1.82) is 5.26 Å². The van der Waals surface area contributed by atoms with Crippen LogP contribution >= 0.6 is 27.7 Å².